The van der Waals surface area contributed by atoms with Gasteiger partial charge in [0.2, 0.25) is 0 Å². The molecular formula is C10H17BrO. The van der Waals surface area contributed by atoms with Crippen molar-refractivity contribution in [2.24, 2.45) is 11.3 Å². The summed E-state index contributed by atoms with van der Waals surface area (Å²) in [6.07, 6.45) is 5.82. The summed E-state index contributed by atoms with van der Waals surface area (Å²) in [5.74, 6) is 0.954. The van der Waals surface area contributed by atoms with Crippen LogP contribution in [0.4, 0.5) is 0 Å². The molecule has 0 bridgehead atoms. The normalized spacial score (nSPS) is 46.5. The van der Waals surface area contributed by atoms with Crippen molar-refractivity contribution in [3.05, 3.63) is 0 Å². The zero-order valence-corrected chi connectivity index (χ0v) is 9.27. The van der Waals surface area contributed by atoms with Gasteiger partial charge < -0.3 is 4.74 Å². The van der Waals surface area contributed by atoms with Gasteiger partial charge in [-0.2, -0.15) is 0 Å². The average Bonchev–Trinajstić information content (AvgIpc) is 2.78. The Morgan fingerprint density at radius 1 is 1.50 bits per heavy atom. The van der Waals surface area contributed by atoms with Gasteiger partial charge in [0.05, 0.1) is 6.10 Å². The topological polar surface area (TPSA) is 9.23 Å². The second-order valence-corrected chi connectivity index (χ2v) is 4.92. The summed E-state index contributed by atoms with van der Waals surface area (Å²) in [5.41, 5.74) is 0.697. The summed E-state index contributed by atoms with van der Waals surface area (Å²) in [7, 11) is 0. The third-order valence-electron chi connectivity index (χ3n) is 3.59. The molecule has 70 valence electrons. The molecular weight excluding hydrogens is 216 g/mol. The summed E-state index contributed by atoms with van der Waals surface area (Å²) < 4.78 is 5.68. The molecule has 1 aliphatic heterocycles. The van der Waals surface area contributed by atoms with Crippen molar-refractivity contribution >= 4 is 15.9 Å². The highest BCUT2D eigenvalue weighted by molar-refractivity contribution is 9.09. The molecule has 1 saturated heterocycles. The van der Waals surface area contributed by atoms with Crippen molar-refractivity contribution < 1.29 is 4.74 Å². The highest BCUT2D eigenvalue weighted by Crippen LogP contribution is 2.60. The van der Waals surface area contributed by atoms with E-state index in [9.17, 15) is 0 Å². The third-order valence-corrected chi connectivity index (χ3v) is 4.37. The maximum Gasteiger partial charge on any atom is 0.0578 e. The Kier molecular flexibility index (Phi) is 2.48. The lowest BCUT2D eigenvalue weighted by molar-refractivity contribution is -0.0210. The number of hydrogen-bond acceptors (Lipinski definition) is 1. The van der Waals surface area contributed by atoms with Crippen molar-refractivity contribution in [1.82, 2.24) is 0 Å². The first kappa shape index (κ1) is 9.01. The van der Waals surface area contributed by atoms with Crippen LogP contribution in [0.25, 0.3) is 0 Å². The second kappa shape index (κ2) is 3.30. The Labute approximate surface area is 83.0 Å². The van der Waals surface area contributed by atoms with Gasteiger partial charge in [-0.3, -0.25) is 0 Å². The first-order valence-electron chi connectivity index (χ1n) is 4.98. The van der Waals surface area contributed by atoms with E-state index in [1.54, 1.807) is 0 Å². The van der Waals surface area contributed by atoms with Gasteiger partial charge in [0.1, 0.15) is 0 Å². The van der Waals surface area contributed by atoms with Crippen LogP contribution in [0.15, 0.2) is 0 Å². The Morgan fingerprint density at radius 3 is 2.92 bits per heavy atom. The van der Waals surface area contributed by atoms with Crippen molar-refractivity contribution in [3.8, 4) is 0 Å². The minimum Gasteiger partial charge on any atom is -0.378 e. The van der Waals surface area contributed by atoms with E-state index in [4.69, 9.17) is 4.74 Å². The van der Waals surface area contributed by atoms with Crippen LogP contribution >= 0.6 is 15.9 Å². The lowest BCUT2D eigenvalue weighted by Gasteiger charge is -2.29. The summed E-state index contributed by atoms with van der Waals surface area (Å²) in [6, 6.07) is 0. The van der Waals surface area contributed by atoms with E-state index in [0.29, 0.717) is 11.5 Å². The summed E-state index contributed by atoms with van der Waals surface area (Å²) in [5, 5.41) is 1.20. The SMILES string of the molecule is CCC1CC2(CCO1)CC2CBr. The van der Waals surface area contributed by atoms with Crippen LogP contribution in [0.5, 0.6) is 0 Å². The molecule has 1 aliphatic carbocycles. The van der Waals surface area contributed by atoms with Crippen molar-refractivity contribution in [1.29, 1.82) is 0 Å². The molecule has 1 nitrogen and oxygen atoms in total. The number of alkyl halides is 1. The van der Waals surface area contributed by atoms with Gasteiger partial charge >= 0.3 is 0 Å². The minimum atomic E-state index is 0.558. The minimum absolute atomic E-state index is 0.558. The van der Waals surface area contributed by atoms with Crippen LogP contribution in [0.3, 0.4) is 0 Å². The van der Waals surface area contributed by atoms with E-state index < -0.39 is 0 Å². The molecule has 1 saturated carbocycles. The van der Waals surface area contributed by atoms with Crippen molar-refractivity contribution in [2.75, 3.05) is 11.9 Å². The molecule has 1 heterocycles. The smallest absolute Gasteiger partial charge is 0.0578 e. The molecule has 0 aromatic carbocycles. The predicted molar refractivity (Wildman–Crippen MR) is 53.6 cm³/mol. The van der Waals surface area contributed by atoms with Gasteiger partial charge in [-0.25, -0.2) is 0 Å². The van der Waals surface area contributed by atoms with Crippen molar-refractivity contribution in [3.63, 3.8) is 0 Å². The molecule has 2 fully saturated rings. The maximum absolute atomic E-state index is 5.68. The van der Waals surface area contributed by atoms with Crippen LogP contribution < -0.4 is 0 Å². The molecule has 0 aromatic heterocycles. The largest absolute Gasteiger partial charge is 0.378 e. The first-order valence-corrected chi connectivity index (χ1v) is 6.10. The van der Waals surface area contributed by atoms with E-state index in [1.807, 2.05) is 0 Å². The van der Waals surface area contributed by atoms with Crippen LogP contribution in [0.2, 0.25) is 0 Å². The zero-order chi connectivity index (χ0) is 8.60. The molecule has 0 N–H and O–H groups in total. The van der Waals surface area contributed by atoms with Crippen LogP contribution in [-0.4, -0.2) is 18.0 Å². The number of ether oxygens (including phenoxy) is 1. The monoisotopic (exact) mass is 232 g/mol. The highest BCUT2D eigenvalue weighted by Gasteiger charge is 2.54. The van der Waals surface area contributed by atoms with E-state index in [1.165, 1.54) is 31.0 Å². The molecule has 0 amide bonds. The Bertz CT molecular complexity index is 171. The summed E-state index contributed by atoms with van der Waals surface area (Å²) >= 11 is 3.59. The van der Waals surface area contributed by atoms with Gasteiger partial charge in [-0.1, -0.05) is 22.9 Å². The predicted octanol–water partition coefficient (Wildman–Crippen LogP) is 2.98. The lowest BCUT2D eigenvalue weighted by Crippen LogP contribution is -2.27. The Balaban J connectivity index is 1.92. The fourth-order valence-electron chi connectivity index (χ4n) is 2.51. The molecule has 0 aromatic rings. The van der Waals surface area contributed by atoms with Gasteiger partial charge in [0.15, 0.2) is 0 Å². The molecule has 2 rings (SSSR count). The van der Waals surface area contributed by atoms with Crippen molar-refractivity contribution in [2.45, 2.75) is 38.7 Å². The first-order chi connectivity index (χ1) is 5.80. The van der Waals surface area contributed by atoms with Gasteiger partial charge in [0.25, 0.3) is 0 Å². The third kappa shape index (κ3) is 1.44. The molecule has 2 aliphatic rings. The summed E-state index contributed by atoms with van der Waals surface area (Å²) in [4.78, 5) is 0. The molecule has 1 spiro atoms. The fourth-order valence-corrected chi connectivity index (χ4v) is 3.43. The van der Waals surface area contributed by atoms with E-state index >= 15 is 0 Å². The summed E-state index contributed by atoms with van der Waals surface area (Å²) in [6.45, 7) is 3.23. The van der Waals surface area contributed by atoms with E-state index in [-0.39, 0.29) is 0 Å². The maximum atomic E-state index is 5.68. The number of halogens is 1. The lowest BCUT2D eigenvalue weighted by atomic mass is 9.89. The zero-order valence-electron chi connectivity index (χ0n) is 7.68. The molecule has 2 heteroatoms. The van der Waals surface area contributed by atoms with Gasteiger partial charge in [0, 0.05) is 11.9 Å². The molecule has 12 heavy (non-hydrogen) atoms. The number of rotatable bonds is 2. The number of hydrogen-bond donors (Lipinski definition) is 0. The van der Waals surface area contributed by atoms with Gasteiger partial charge in [-0.15, -0.1) is 0 Å². The van der Waals surface area contributed by atoms with Crippen LogP contribution in [-0.2, 0) is 4.74 Å². The highest BCUT2D eigenvalue weighted by atomic mass is 79.9. The quantitative estimate of drug-likeness (QED) is 0.666. The standard InChI is InChI=1S/C10H17BrO/c1-2-9-6-10(3-4-12-9)5-8(10)7-11/h8-9H,2-7H2,1H3. The van der Waals surface area contributed by atoms with Crippen LogP contribution in [0, 0.1) is 11.3 Å². The molecule has 0 radical (unpaired) electrons. The van der Waals surface area contributed by atoms with E-state index in [2.05, 4.69) is 22.9 Å². The Morgan fingerprint density at radius 2 is 2.33 bits per heavy atom. The molecule has 3 unspecified atom stereocenters. The van der Waals surface area contributed by atoms with E-state index in [0.717, 1.165) is 12.5 Å². The Hall–Kier alpha value is 0.440. The molecule has 3 atom stereocenters. The average molecular weight is 233 g/mol. The van der Waals surface area contributed by atoms with Crippen LogP contribution in [0.1, 0.15) is 32.6 Å². The second-order valence-electron chi connectivity index (χ2n) is 4.27. The fraction of sp³-hybridized carbons (Fsp3) is 1.00. The van der Waals surface area contributed by atoms with Gasteiger partial charge in [-0.05, 0) is 37.0 Å².